The summed E-state index contributed by atoms with van der Waals surface area (Å²) in [5.41, 5.74) is 2.49. The second-order valence-electron chi connectivity index (χ2n) is 9.90. The second-order valence-corrected chi connectivity index (χ2v) is 10.8. The number of fused-ring (bicyclic) bond motifs is 1. The van der Waals surface area contributed by atoms with Crippen LogP contribution in [0.25, 0.3) is 0 Å². The Morgan fingerprint density at radius 3 is 2.22 bits per heavy atom. The predicted octanol–water partition coefficient (Wildman–Crippen LogP) is 6.57. The number of hydrogen-bond donors (Lipinski definition) is 0. The van der Waals surface area contributed by atoms with Gasteiger partial charge in [-0.05, 0) is 84.2 Å². The van der Waals surface area contributed by atoms with E-state index < -0.39 is 0 Å². The van der Waals surface area contributed by atoms with Gasteiger partial charge >= 0.3 is 0 Å². The molecule has 1 aliphatic heterocycles. The molecular weight excluding hydrogens is 473 g/mol. The van der Waals surface area contributed by atoms with Gasteiger partial charge in [-0.3, -0.25) is 0 Å². The Bertz CT molecular complexity index is 1070. The summed E-state index contributed by atoms with van der Waals surface area (Å²) in [5, 5.41) is 0. The molecule has 4 atom stereocenters. The predicted molar refractivity (Wildman–Crippen MR) is 143 cm³/mol. The third kappa shape index (κ3) is 6.61. The highest BCUT2D eigenvalue weighted by atomic mass is 32.2. The normalized spacial score (nSPS) is 22.3. The number of nitrogens with zero attached hydrogens (tertiary/aromatic N) is 1. The highest BCUT2D eigenvalue weighted by molar-refractivity contribution is 7.94. The topological polar surface area (TPSA) is 30.9 Å². The lowest BCUT2D eigenvalue weighted by Crippen LogP contribution is -2.29. The molecule has 1 aliphatic carbocycles. The van der Waals surface area contributed by atoms with E-state index in [1.54, 1.807) is 19.2 Å². The van der Waals surface area contributed by atoms with E-state index >= 15 is 0 Å². The minimum Gasteiger partial charge on any atom is -0.490 e. The molecule has 0 spiro atoms. The lowest BCUT2D eigenvalue weighted by atomic mass is 10.00. The van der Waals surface area contributed by atoms with E-state index in [1.165, 1.54) is 35.3 Å². The first kappa shape index (κ1) is 25.1. The van der Waals surface area contributed by atoms with Crippen molar-refractivity contribution in [2.24, 2.45) is 11.8 Å². The van der Waals surface area contributed by atoms with Crippen LogP contribution in [0.2, 0.25) is 0 Å². The van der Waals surface area contributed by atoms with Crippen LogP contribution in [0.15, 0.2) is 78.9 Å². The van der Waals surface area contributed by atoms with E-state index in [-0.39, 0.29) is 11.9 Å². The first-order chi connectivity index (χ1) is 17.7. The zero-order chi connectivity index (χ0) is 24.7. The van der Waals surface area contributed by atoms with Crippen molar-refractivity contribution in [3.63, 3.8) is 0 Å². The molecular formula is C30H34FNO3S. The van der Waals surface area contributed by atoms with E-state index in [2.05, 4.69) is 41.3 Å². The van der Waals surface area contributed by atoms with E-state index in [1.807, 2.05) is 18.2 Å². The van der Waals surface area contributed by atoms with Crippen molar-refractivity contribution in [1.82, 2.24) is 4.90 Å². The maximum absolute atomic E-state index is 13.2. The summed E-state index contributed by atoms with van der Waals surface area (Å²) in [6, 6.07) is 25.2. The van der Waals surface area contributed by atoms with Crippen molar-refractivity contribution in [3.05, 3.63) is 95.8 Å². The van der Waals surface area contributed by atoms with E-state index in [0.717, 1.165) is 49.7 Å². The molecule has 1 unspecified atom stereocenters. The molecule has 3 aromatic rings. The van der Waals surface area contributed by atoms with Gasteiger partial charge in [-0.25, -0.2) is 4.39 Å². The van der Waals surface area contributed by atoms with Crippen molar-refractivity contribution >= 4 is 12.0 Å². The zero-order valence-electron chi connectivity index (χ0n) is 20.7. The quantitative estimate of drug-likeness (QED) is 0.274. The van der Waals surface area contributed by atoms with Crippen LogP contribution in [0.3, 0.4) is 0 Å². The van der Waals surface area contributed by atoms with Crippen LogP contribution in [0, 0.1) is 17.7 Å². The molecule has 3 aromatic carbocycles. The summed E-state index contributed by atoms with van der Waals surface area (Å²) >= 11 is 1.53. The first-order valence-electron chi connectivity index (χ1n) is 12.7. The molecule has 2 fully saturated rings. The minimum atomic E-state index is -0.225. The smallest absolute Gasteiger partial charge is 0.123 e. The Labute approximate surface area is 218 Å². The van der Waals surface area contributed by atoms with Crippen LogP contribution >= 0.6 is 12.0 Å². The van der Waals surface area contributed by atoms with Gasteiger partial charge in [0.25, 0.3) is 0 Å². The minimum absolute atomic E-state index is 0.225. The zero-order valence-corrected chi connectivity index (χ0v) is 21.5. The Morgan fingerprint density at radius 1 is 0.889 bits per heavy atom. The molecule has 36 heavy (non-hydrogen) atoms. The maximum Gasteiger partial charge on any atom is 0.123 e. The summed E-state index contributed by atoms with van der Waals surface area (Å²) in [7, 11) is 1.74. The van der Waals surface area contributed by atoms with Gasteiger partial charge in [0.05, 0.1) is 13.2 Å². The molecule has 190 valence electrons. The van der Waals surface area contributed by atoms with Gasteiger partial charge in [0.15, 0.2) is 0 Å². The fourth-order valence-corrected chi connectivity index (χ4v) is 6.18. The van der Waals surface area contributed by atoms with Gasteiger partial charge in [-0.1, -0.05) is 42.5 Å². The van der Waals surface area contributed by atoms with Crippen LogP contribution < -0.4 is 9.47 Å². The highest BCUT2D eigenvalue weighted by Crippen LogP contribution is 2.40. The van der Waals surface area contributed by atoms with Gasteiger partial charge in [0.1, 0.15) is 23.9 Å². The fourth-order valence-electron chi connectivity index (χ4n) is 5.59. The summed E-state index contributed by atoms with van der Waals surface area (Å²) < 4.78 is 30.7. The first-order valence-corrected chi connectivity index (χ1v) is 13.6. The lowest BCUT2D eigenvalue weighted by molar-refractivity contribution is 0.184. The number of rotatable bonds is 11. The monoisotopic (exact) mass is 507 g/mol. The van der Waals surface area contributed by atoms with Crippen LogP contribution in [0.5, 0.6) is 11.5 Å². The van der Waals surface area contributed by atoms with Crippen molar-refractivity contribution in [2.45, 2.75) is 31.5 Å². The van der Waals surface area contributed by atoms with E-state index in [0.29, 0.717) is 24.4 Å². The SMILES string of the molecule is COSCC(CN1C[C@H]2C[C@H](Oc3ccc(F)cc3)C[C@H]2C1)c1ccc(OCc2ccccc2)cc1. The van der Waals surface area contributed by atoms with Gasteiger partial charge in [0, 0.05) is 31.3 Å². The molecule has 5 rings (SSSR count). The summed E-state index contributed by atoms with van der Waals surface area (Å²) in [6.45, 7) is 3.82. The largest absolute Gasteiger partial charge is 0.490 e. The molecule has 0 bridgehead atoms. The standard InChI is InChI=1S/C30H34FNO3S/c1-33-36-21-26(23-7-11-28(12-8-23)34-20-22-5-3-2-4-6-22)19-32-17-24-15-30(16-25(24)18-32)35-29-13-9-27(31)10-14-29/h2-14,24-26,30H,15-21H2,1H3/t24-,25+,26?,30+. The van der Waals surface area contributed by atoms with Crippen LogP contribution in [-0.2, 0) is 10.8 Å². The fraction of sp³-hybridized carbons (Fsp3) is 0.400. The molecule has 2 aliphatic rings. The Balaban J connectivity index is 1.14. The van der Waals surface area contributed by atoms with Gasteiger partial charge in [-0.2, -0.15) is 0 Å². The molecule has 1 saturated carbocycles. The number of halogens is 1. The second kappa shape index (κ2) is 12.1. The Hall–Kier alpha value is -2.54. The molecule has 0 N–H and O–H groups in total. The molecule has 1 saturated heterocycles. The third-order valence-corrected chi connectivity index (χ3v) is 8.14. The number of likely N-dealkylation sites (tertiary alicyclic amines) is 1. The van der Waals surface area contributed by atoms with Gasteiger partial charge in [-0.15, -0.1) is 0 Å². The summed E-state index contributed by atoms with van der Waals surface area (Å²) in [5.74, 6) is 4.08. The molecule has 0 amide bonds. The molecule has 1 heterocycles. The number of hydrogen-bond acceptors (Lipinski definition) is 5. The lowest BCUT2D eigenvalue weighted by Gasteiger charge is -2.25. The summed E-state index contributed by atoms with van der Waals surface area (Å²) in [6.07, 6.45) is 2.38. The highest BCUT2D eigenvalue weighted by Gasteiger charge is 2.42. The van der Waals surface area contributed by atoms with Crippen molar-refractivity contribution in [3.8, 4) is 11.5 Å². The molecule has 0 radical (unpaired) electrons. The van der Waals surface area contributed by atoms with Crippen LogP contribution in [0.4, 0.5) is 4.39 Å². The number of ether oxygens (including phenoxy) is 2. The van der Waals surface area contributed by atoms with Gasteiger partial charge in [0.2, 0.25) is 0 Å². The van der Waals surface area contributed by atoms with Crippen LogP contribution in [0.1, 0.15) is 29.9 Å². The van der Waals surface area contributed by atoms with Crippen LogP contribution in [-0.4, -0.2) is 43.5 Å². The van der Waals surface area contributed by atoms with Gasteiger partial charge < -0.3 is 18.6 Å². The van der Waals surface area contributed by atoms with Crippen molar-refractivity contribution in [2.75, 3.05) is 32.5 Å². The third-order valence-electron chi connectivity index (χ3n) is 7.37. The molecule has 4 nitrogen and oxygen atoms in total. The van der Waals surface area contributed by atoms with Crippen molar-refractivity contribution < 1.29 is 18.0 Å². The number of benzene rings is 3. The van der Waals surface area contributed by atoms with Crippen molar-refractivity contribution in [1.29, 1.82) is 0 Å². The summed E-state index contributed by atoms with van der Waals surface area (Å²) in [4.78, 5) is 2.62. The van der Waals surface area contributed by atoms with E-state index in [4.69, 9.17) is 13.7 Å². The average Bonchev–Trinajstić information content (AvgIpc) is 3.45. The average molecular weight is 508 g/mol. The van der Waals surface area contributed by atoms with E-state index in [9.17, 15) is 4.39 Å². The Morgan fingerprint density at radius 2 is 1.56 bits per heavy atom. The maximum atomic E-state index is 13.2. The Kier molecular flexibility index (Phi) is 8.47. The molecule has 6 heteroatoms. The molecule has 0 aromatic heterocycles.